The van der Waals surface area contributed by atoms with Gasteiger partial charge in [0.15, 0.2) is 0 Å². The molecule has 1 unspecified atom stereocenters. The minimum Gasteiger partial charge on any atom is -0.497 e. The van der Waals surface area contributed by atoms with Crippen LogP contribution in [0.15, 0.2) is 48.5 Å². The Balaban J connectivity index is 1.49. The van der Waals surface area contributed by atoms with E-state index in [1.165, 1.54) is 11.3 Å². The molecule has 1 atom stereocenters. The number of ether oxygens (including phenoxy) is 2. The van der Waals surface area contributed by atoms with E-state index in [-0.39, 0.29) is 18.0 Å². The zero-order valence-corrected chi connectivity index (χ0v) is 17.8. The summed E-state index contributed by atoms with van der Waals surface area (Å²) < 4.78 is 11.3. The van der Waals surface area contributed by atoms with Gasteiger partial charge >= 0.3 is 12.0 Å². The first kappa shape index (κ1) is 20.2. The van der Waals surface area contributed by atoms with E-state index in [0.717, 1.165) is 40.8 Å². The second-order valence-corrected chi connectivity index (χ2v) is 8.22. The molecule has 1 saturated heterocycles. The maximum absolute atomic E-state index is 13.0. The number of carbonyl (C=O) groups excluding carboxylic acids is 2. The third-order valence-electron chi connectivity index (χ3n) is 5.26. The van der Waals surface area contributed by atoms with Crippen molar-refractivity contribution in [3.63, 3.8) is 0 Å². The largest absolute Gasteiger partial charge is 0.497 e. The monoisotopic (exact) mass is 424 g/mol. The second kappa shape index (κ2) is 8.75. The van der Waals surface area contributed by atoms with Gasteiger partial charge in [-0.05, 0) is 67.1 Å². The molecule has 0 spiro atoms. The summed E-state index contributed by atoms with van der Waals surface area (Å²) in [6, 6.07) is 15.3. The Bertz CT molecular complexity index is 1060. The van der Waals surface area contributed by atoms with Crippen LogP contribution in [0.2, 0.25) is 0 Å². The fourth-order valence-electron chi connectivity index (χ4n) is 3.80. The molecule has 1 aliphatic heterocycles. The lowest BCUT2D eigenvalue weighted by Crippen LogP contribution is -2.34. The fourth-order valence-corrected chi connectivity index (χ4v) is 4.74. The molecule has 1 aliphatic rings. The minimum atomic E-state index is -0.316. The van der Waals surface area contributed by atoms with Crippen molar-refractivity contribution in [2.24, 2.45) is 0 Å². The SMILES string of the molecule is CCOC(=O)c1cc2cc(NC(=O)N3CCCC3c3ccc(OC)cc3)ccc2s1. The van der Waals surface area contributed by atoms with Gasteiger partial charge in [-0.3, -0.25) is 0 Å². The molecule has 0 aliphatic carbocycles. The van der Waals surface area contributed by atoms with Gasteiger partial charge in [0, 0.05) is 16.9 Å². The number of urea groups is 1. The standard InChI is InChI=1S/C23H24N2O4S/c1-3-29-22(26)21-14-16-13-17(8-11-20(16)30-21)24-23(27)25-12-4-5-19(25)15-6-9-18(28-2)10-7-15/h6-11,13-14,19H,3-5,12H2,1-2H3,(H,24,27). The number of fused-ring (bicyclic) bond motifs is 1. The molecule has 2 heterocycles. The van der Waals surface area contributed by atoms with E-state index < -0.39 is 0 Å². The molecule has 6 nitrogen and oxygen atoms in total. The van der Waals surface area contributed by atoms with Gasteiger partial charge in [-0.25, -0.2) is 9.59 Å². The fraction of sp³-hybridized carbons (Fsp3) is 0.304. The van der Waals surface area contributed by atoms with Crippen LogP contribution >= 0.6 is 11.3 Å². The Morgan fingerprint density at radius 1 is 1.17 bits per heavy atom. The van der Waals surface area contributed by atoms with Crippen LogP contribution in [0.5, 0.6) is 5.75 Å². The van der Waals surface area contributed by atoms with Gasteiger partial charge in [0.1, 0.15) is 10.6 Å². The van der Waals surface area contributed by atoms with Crippen LogP contribution in [0.25, 0.3) is 10.1 Å². The lowest BCUT2D eigenvalue weighted by molar-refractivity contribution is 0.0532. The smallest absolute Gasteiger partial charge is 0.348 e. The van der Waals surface area contributed by atoms with E-state index in [4.69, 9.17) is 9.47 Å². The normalized spacial score (nSPS) is 15.9. The summed E-state index contributed by atoms with van der Waals surface area (Å²) >= 11 is 1.39. The molecule has 2 amide bonds. The number of nitrogens with one attached hydrogen (secondary N) is 1. The van der Waals surface area contributed by atoms with Gasteiger partial charge < -0.3 is 19.7 Å². The van der Waals surface area contributed by atoms with Crippen molar-refractivity contribution in [1.82, 2.24) is 4.90 Å². The van der Waals surface area contributed by atoms with Crippen LogP contribution in [0.1, 0.15) is 41.0 Å². The summed E-state index contributed by atoms with van der Waals surface area (Å²) in [5.74, 6) is 0.489. The van der Waals surface area contributed by atoms with Crippen molar-refractivity contribution in [1.29, 1.82) is 0 Å². The lowest BCUT2D eigenvalue weighted by Gasteiger charge is -2.25. The van der Waals surface area contributed by atoms with Gasteiger partial charge in [-0.1, -0.05) is 12.1 Å². The third kappa shape index (κ3) is 4.11. The highest BCUT2D eigenvalue weighted by Gasteiger charge is 2.30. The first-order chi connectivity index (χ1) is 14.6. The van der Waals surface area contributed by atoms with Crippen LogP contribution in [0, 0.1) is 0 Å². The average Bonchev–Trinajstić information content (AvgIpc) is 3.41. The number of rotatable bonds is 5. The van der Waals surface area contributed by atoms with Gasteiger partial charge in [0.25, 0.3) is 0 Å². The number of benzene rings is 2. The Kier molecular flexibility index (Phi) is 5.90. The summed E-state index contributed by atoms with van der Waals surface area (Å²) in [4.78, 5) is 27.4. The third-order valence-corrected chi connectivity index (χ3v) is 6.35. The first-order valence-electron chi connectivity index (χ1n) is 10.0. The number of hydrogen-bond acceptors (Lipinski definition) is 5. The summed E-state index contributed by atoms with van der Waals surface area (Å²) in [5.41, 5.74) is 1.82. The van der Waals surface area contributed by atoms with Crippen molar-refractivity contribution in [3.05, 3.63) is 59.0 Å². The average molecular weight is 425 g/mol. The molecule has 4 rings (SSSR count). The van der Waals surface area contributed by atoms with Crippen LogP contribution in [0.3, 0.4) is 0 Å². The molecule has 30 heavy (non-hydrogen) atoms. The lowest BCUT2D eigenvalue weighted by atomic mass is 10.0. The highest BCUT2D eigenvalue weighted by Crippen LogP contribution is 2.34. The molecule has 1 N–H and O–H groups in total. The van der Waals surface area contributed by atoms with E-state index in [1.54, 1.807) is 14.0 Å². The van der Waals surface area contributed by atoms with Crippen molar-refractivity contribution in [3.8, 4) is 5.75 Å². The molecule has 2 aromatic carbocycles. The van der Waals surface area contributed by atoms with Gasteiger partial charge in [0.2, 0.25) is 0 Å². The van der Waals surface area contributed by atoms with Crippen molar-refractivity contribution >= 4 is 39.1 Å². The number of esters is 1. The summed E-state index contributed by atoms with van der Waals surface area (Å²) in [7, 11) is 1.64. The molecule has 156 valence electrons. The van der Waals surface area contributed by atoms with E-state index in [2.05, 4.69) is 5.32 Å². The quantitative estimate of drug-likeness (QED) is 0.553. The molecular weight excluding hydrogens is 400 g/mol. The molecule has 0 bridgehead atoms. The maximum Gasteiger partial charge on any atom is 0.348 e. The van der Waals surface area contributed by atoms with Gasteiger partial charge in [-0.2, -0.15) is 0 Å². The van der Waals surface area contributed by atoms with E-state index in [0.29, 0.717) is 17.2 Å². The van der Waals surface area contributed by atoms with E-state index >= 15 is 0 Å². The number of anilines is 1. The van der Waals surface area contributed by atoms with E-state index in [1.807, 2.05) is 53.4 Å². The Morgan fingerprint density at radius 2 is 1.97 bits per heavy atom. The first-order valence-corrected chi connectivity index (χ1v) is 10.8. The summed E-state index contributed by atoms with van der Waals surface area (Å²) in [6.45, 7) is 2.85. The molecular formula is C23H24N2O4S. The predicted octanol–water partition coefficient (Wildman–Crippen LogP) is 5.46. The minimum absolute atomic E-state index is 0.0520. The number of amides is 2. The van der Waals surface area contributed by atoms with Crippen LogP contribution in [-0.4, -0.2) is 37.2 Å². The van der Waals surface area contributed by atoms with Crippen molar-refractivity contribution in [2.45, 2.75) is 25.8 Å². The maximum atomic E-state index is 13.0. The van der Waals surface area contributed by atoms with Gasteiger partial charge in [0.05, 0.1) is 19.8 Å². The molecule has 1 aromatic heterocycles. The highest BCUT2D eigenvalue weighted by molar-refractivity contribution is 7.20. The Hall–Kier alpha value is -3.06. The predicted molar refractivity (Wildman–Crippen MR) is 118 cm³/mol. The van der Waals surface area contributed by atoms with Gasteiger partial charge in [-0.15, -0.1) is 11.3 Å². The van der Waals surface area contributed by atoms with Crippen molar-refractivity contribution in [2.75, 3.05) is 25.6 Å². The zero-order chi connectivity index (χ0) is 21.1. The number of thiophene rings is 1. The molecule has 0 saturated carbocycles. The van der Waals surface area contributed by atoms with Crippen LogP contribution < -0.4 is 10.1 Å². The van der Waals surface area contributed by atoms with Crippen LogP contribution in [-0.2, 0) is 4.74 Å². The zero-order valence-electron chi connectivity index (χ0n) is 17.0. The van der Waals surface area contributed by atoms with E-state index in [9.17, 15) is 9.59 Å². The number of methoxy groups -OCH3 is 1. The van der Waals surface area contributed by atoms with Crippen molar-refractivity contribution < 1.29 is 19.1 Å². The Labute approximate surface area is 179 Å². The molecule has 7 heteroatoms. The Morgan fingerprint density at radius 3 is 2.70 bits per heavy atom. The molecule has 0 radical (unpaired) electrons. The topological polar surface area (TPSA) is 67.9 Å². The number of carbonyl (C=O) groups is 2. The number of nitrogens with zero attached hydrogens (tertiary/aromatic N) is 1. The van der Waals surface area contributed by atoms with Crippen LogP contribution in [0.4, 0.5) is 10.5 Å². The highest BCUT2D eigenvalue weighted by atomic mass is 32.1. The summed E-state index contributed by atoms with van der Waals surface area (Å²) in [5, 5.41) is 3.92. The summed E-state index contributed by atoms with van der Waals surface area (Å²) in [6.07, 6.45) is 1.91. The second-order valence-electron chi connectivity index (χ2n) is 7.14. The molecule has 3 aromatic rings. The number of hydrogen-bond donors (Lipinski definition) is 1. The number of likely N-dealkylation sites (tertiary alicyclic amines) is 1. The molecule has 1 fully saturated rings.